The van der Waals surface area contributed by atoms with E-state index in [2.05, 4.69) is 41.1 Å². The quantitative estimate of drug-likeness (QED) is 0.307. The summed E-state index contributed by atoms with van der Waals surface area (Å²) < 4.78 is 0. The van der Waals surface area contributed by atoms with Crippen LogP contribution in [0.4, 0.5) is 5.69 Å². The van der Waals surface area contributed by atoms with E-state index < -0.39 is 0 Å². The van der Waals surface area contributed by atoms with Crippen LogP contribution in [-0.4, -0.2) is 45.2 Å². The first kappa shape index (κ1) is 25.5. The molecule has 7 heteroatoms. The minimum Gasteiger partial charge on any atom is -0.338 e. The highest BCUT2D eigenvalue weighted by Gasteiger charge is 2.36. The van der Waals surface area contributed by atoms with Crippen molar-refractivity contribution >= 4 is 11.6 Å². The summed E-state index contributed by atoms with van der Waals surface area (Å²) in [5, 5.41) is 11.6. The van der Waals surface area contributed by atoms with Gasteiger partial charge < -0.3 is 4.90 Å². The number of benzene rings is 2. The van der Waals surface area contributed by atoms with E-state index in [1.54, 1.807) is 18.3 Å². The van der Waals surface area contributed by atoms with Crippen LogP contribution in [0.3, 0.4) is 0 Å². The number of aromatic nitrogens is 1. The van der Waals surface area contributed by atoms with Crippen LogP contribution in [-0.2, 0) is 17.9 Å². The highest BCUT2D eigenvalue weighted by molar-refractivity contribution is 5.78. The summed E-state index contributed by atoms with van der Waals surface area (Å²) >= 11 is 0. The highest BCUT2D eigenvalue weighted by atomic mass is 16.6. The van der Waals surface area contributed by atoms with Crippen molar-refractivity contribution in [1.29, 1.82) is 0 Å². The van der Waals surface area contributed by atoms with Gasteiger partial charge in [0, 0.05) is 68.6 Å². The fraction of sp³-hybridized carbons (Fsp3) is 0.379. The lowest BCUT2D eigenvalue weighted by Gasteiger charge is -2.30. The average molecular weight is 487 g/mol. The zero-order valence-corrected chi connectivity index (χ0v) is 21.2. The molecule has 1 saturated heterocycles. The Morgan fingerprint density at radius 1 is 1.11 bits per heavy atom. The van der Waals surface area contributed by atoms with E-state index in [0.29, 0.717) is 19.6 Å². The summed E-state index contributed by atoms with van der Waals surface area (Å²) in [6.45, 7) is 9.15. The van der Waals surface area contributed by atoms with Gasteiger partial charge in [0.1, 0.15) is 0 Å². The van der Waals surface area contributed by atoms with Crippen LogP contribution in [0, 0.1) is 28.9 Å². The van der Waals surface area contributed by atoms with Gasteiger partial charge in [-0.2, -0.15) is 0 Å². The molecule has 188 valence electrons. The number of para-hydroxylation sites is 1. The van der Waals surface area contributed by atoms with Gasteiger partial charge in [-0.05, 0) is 30.0 Å². The maximum absolute atomic E-state index is 13.2. The molecule has 2 aromatic carbocycles. The standard InChI is InChI=1S/C29H34N4O3/c1-21(2)29(34)32(16-23-7-6-14-30-15-23)19-26-18-31(17-25-8-4-5-9-28(25)33(35)36)20-27(26)24-12-10-22(3)11-13-24/h4-15,21,26-27H,16-20H2,1-3H3/t26-,27-/m1/s1. The summed E-state index contributed by atoms with van der Waals surface area (Å²) in [4.78, 5) is 33.0. The van der Waals surface area contributed by atoms with Crippen molar-refractivity contribution < 1.29 is 9.72 Å². The van der Waals surface area contributed by atoms with Crippen LogP contribution in [0.2, 0.25) is 0 Å². The van der Waals surface area contributed by atoms with Crippen LogP contribution >= 0.6 is 0 Å². The van der Waals surface area contributed by atoms with Gasteiger partial charge in [0.2, 0.25) is 5.91 Å². The van der Waals surface area contributed by atoms with Gasteiger partial charge in [-0.15, -0.1) is 0 Å². The molecule has 1 fully saturated rings. The predicted octanol–water partition coefficient (Wildman–Crippen LogP) is 5.20. The van der Waals surface area contributed by atoms with E-state index in [-0.39, 0.29) is 34.3 Å². The van der Waals surface area contributed by atoms with E-state index in [4.69, 9.17) is 0 Å². The second-order valence-corrected chi connectivity index (χ2v) is 10.1. The molecule has 3 aromatic rings. The Bertz CT molecular complexity index is 1180. The zero-order valence-electron chi connectivity index (χ0n) is 21.2. The first-order chi connectivity index (χ1) is 17.3. The second kappa shape index (κ2) is 11.4. The molecule has 0 unspecified atom stereocenters. The van der Waals surface area contributed by atoms with E-state index in [1.165, 1.54) is 11.1 Å². The largest absolute Gasteiger partial charge is 0.338 e. The highest BCUT2D eigenvalue weighted by Crippen LogP contribution is 2.35. The summed E-state index contributed by atoms with van der Waals surface area (Å²) in [7, 11) is 0. The first-order valence-corrected chi connectivity index (χ1v) is 12.5. The zero-order chi connectivity index (χ0) is 25.7. The third-order valence-corrected chi connectivity index (χ3v) is 6.96. The number of nitrogens with zero attached hydrogens (tertiary/aromatic N) is 4. The normalized spacial score (nSPS) is 17.9. The topological polar surface area (TPSA) is 79.6 Å². The van der Waals surface area contributed by atoms with Crippen LogP contribution in [0.5, 0.6) is 0 Å². The number of carbonyl (C=O) groups excluding carboxylic acids is 1. The van der Waals surface area contributed by atoms with Crippen molar-refractivity contribution in [2.24, 2.45) is 11.8 Å². The van der Waals surface area contributed by atoms with Crippen molar-refractivity contribution in [3.8, 4) is 0 Å². The number of nitro groups is 1. The number of carbonyl (C=O) groups is 1. The molecule has 1 aromatic heterocycles. The van der Waals surface area contributed by atoms with Crippen molar-refractivity contribution in [2.75, 3.05) is 19.6 Å². The fourth-order valence-corrected chi connectivity index (χ4v) is 5.12. The number of amides is 1. The van der Waals surface area contributed by atoms with E-state index >= 15 is 0 Å². The lowest BCUT2D eigenvalue weighted by Crippen LogP contribution is -2.39. The van der Waals surface area contributed by atoms with E-state index in [9.17, 15) is 14.9 Å². The van der Waals surface area contributed by atoms with Crippen LogP contribution in [0.25, 0.3) is 0 Å². The Balaban J connectivity index is 1.60. The maximum Gasteiger partial charge on any atom is 0.273 e. The van der Waals surface area contributed by atoms with Gasteiger partial charge in [0.05, 0.1) is 4.92 Å². The summed E-state index contributed by atoms with van der Waals surface area (Å²) in [6, 6.07) is 19.5. The minimum atomic E-state index is -0.308. The minimum absolute atomic E-state index is 0.107. The molecule has 0 radical (unpaired) electrons. The molecule has 1 amide bonds. The number of hydrogen-bond acceptors (Lipinski definition) is 5. The smallest absolute Gasteiger partial charge is 0.273 e. The van der Waals surface area contributed by atoms with Gasteiger partial charge >= 0.3 is 0 Å². The van der Waals surface area contributed by atoms with E-state index in [0.717, 1.165) is 24.2 Å². The molecule has 0 aliphatic carbocycles. The molecule has 0 bridgehead atoms. The molecule has 2 atom stereocenters. The van der Waals surface area contributed by atoms with E-state index in [1.807, 2.05) is 49.2 Å². The lowest BCUT2D eigenvalue weighted by molar-refractivity contribution is -0.385. The monoisotopic (exact) mass is 486 g/mol. The summed E-state index contributed by atoms with van der Waals surface area (Å²) in [6.07, 6.45) is 3.55. The third-order valence-electron chi connectivity index (χ3n) is 6.96. The first-order valence-electron chi connectivity index (χ1n) is 12.5. The van der Waals surface area contributed by atoms with Crippen LogP contribution < -0.4 is 0 Å². The third kappa shape index (κ3) is 6.15. The van der Waals surface area contributed by atoms with Gasteiger partial charge in [-0.1, -0.05) is 67.9 Å². The molecule has 1 aliphatic heterocycles. The fourth-order valence-electron chi connectivity index (χ4n) is 5.12. The molecule has 7 nitrogen and oxygen atoms in total. The number of hydrogen-bond donors (Lipinski definition) is 0. The molecule has 4 rings (SSSR count). The van der Waals surface area contributed by atoms with Gasteiger partial charge in [-0.3, -0.25) is 24.8 Å². The maximum atomic E-state index is 13.2. The lowest BCUT2D eigenvalue weighted by atomic mass is 9.88. The van der Waals surface area contributed by atoms with Crippen LogP contribution in [0.1, 0.15) is 42.0 Å². The summed E-state index contributed by atoms with van der Waals surface area (Å²) in [5.74, 6) is 0.446. The van der Waals surface area contributed by atoms with Gasteiger partial charge in [-0.25, -0.2) is 0 Å². The summed E-state index contributed by atoms with van der Waals surface area (Å²) in [5.41, 5.74) is 4.33. The molecule has 36 heavy (non-hydrogen) atoms. The second-order valence-electron chi connectivity index (χ2n) is 10.1. The Labute approximate surface area is 212 Å². The Morgan fingerprint density at radius 2 is 1.86 bits per heavy atom. The van der Waals surface area contributed by atoms with Crippen LogP contribution in [0.15, 0.2) is 73.1 Å². The molecular weight excluding hydrogens is 452 g/mol. The van der Waals surface area contributed by atoms with Gasteiger partial charge in [0.25, 0.3) is 5.69 Å². The van der Waals surface area contributed by atoms with Gasteiger partial charge in [0.15, 0.2) is 0 Å². The van der Waals surface area contributed by atoms with Crippen molar-refractivity contribution in [2.45, 2.75) is 39.8 Å². The van der Waals surface area contributed by atoms with Crippen molar-refractivity contribution in [3.05, 3.63) is 105 Å². The predicted molar refractivity (Wildman–Crippen MR) is 140 cm³/mol. The van der Waals surface area contributed by atoms with Crippen molar-refractivity contribution in [1.82, 2.24) is 14.8 Å². The average Bonchev–Trinajstić information content (AvgIpc) is 3.26. The van der Waals surface area contributed by atoms with Crippen molar-refractivity contribution in [3.63, 3.8) is 0 Å². The Kier molecular flexibility index (Phi) is 8.10. The Hall–Kier alpha value is -3.58. The molecule has 0 N–H and O–H groups in total. The number of rotatable bonds is 9. The molecule has 0 saturated carbocycles. The number of nitro benzene ring substituents is 1. The SMILES string of the molecule is Cc1ccc([C@H]2CN(Cc3ccccc3[N+](=O)[O-])C[C@@H]2CN(Cc2cccnc2)C(=O)C(C)C)cc1. The number of aryl methyl sites for hydroxylation is 1. The Morgan fingerprint density at radius 3 is 2.53 bits per heavy atom. The number of pyridine rings is 1. The number of likely N-dealkylation sites (tertiary alicyclic amines) is 1. The molecule has 2 heterocycles. The molecule has 1 aliphatic rings. The molecular formula is C29H34N4O3. The molecule has 0 spiro atoms.